The van der Waals surface area contributed by atoms with Gasteiger partial charge in [0.2, 0.25) is 5.91 Å². The molecule has 0 bridgehead atoms. The van der Waals surface area contributed by atoms with E-state index < -0.39 is 0 Å². The molecule has 0 aromatic rings. The Balaban J connectivity index is 3.84. The van der Waals surface area contributed by atoms with Crippen LogP contribution < -0.4 is 5.32 Å². The van der Waals surface area contributed by atoms with Crippen LogP contribution in [0.3, 0.4) is 0 Å². The normalized spacial score (nSPS) is 13.1. The third kappa shape index (κ3) is 3.72. The molecule has 3 nitrogen and oxygen atoms in total. The predicted octanol–water partition coefficient (Wildman–Crippen LogP) is 0.920. The lowest BCUT2D eigenvalue weighted by Crippen LogP contribution is -2.38. The van der Waals surface area contributed by atoms with Crippen LogP contribution in [0, 0.1) is 5.92 Å². The van der Waals surface area contributed by atoms with E-state index in [2.05, 4.69) is 5.32 Å². The van der Waals surface area contributed by atoms with Crippen molar-refractivity contribution in [3.8, 4) is 0 Å². The van der Waals surface area contributed by atoms with Gasteiger partial charge in [-0.15, -0.1) is 0 Å². The molecule has 0 spiro atoms. The van der Waals surface area contributed by atoms with Crippen molar-refractivity contribution in [2.75, 3.05) is 6.61 Å². The van der Waals surface area contributed by atoms with Gasteiger partial charge in [0.25, 0.3) is 0 Å². The summed E-state index contributed by atoms with van der Waals surface area (Å²) in [5.41, 5.74) is 0. The Bertz CT molecular complexity index is 132. The minimum atomic E-state index is -0.127. The molecular weight excluding hydrogens is 154 g/mol. The summed E-state index contributed by atoms with van der Waals surface area (Å²) >= 11 is 0. The Hall–Kier alpha value is -0.570. The van der Waals surface area contributed by atoms with Crippen molar-refractivity contribution >= 4 is 5.91 Å². The van der Waals surface area contributed by atoms with Gasteiger partial charge in [-0.2, -0.15) is 0 Å². The van der Waals surface area contributed by atoms with Crippen LogP contribution in [0.25, 0.3) is 0 Å². The smallest absolute Gasteiger partial charge is 0.223 e. The van der Waals surface area contributed by atoms with Crippen LogP contribution in [0.5, 0.6) is 0 Å². The second-order valence-corrected chi connectivity index (χ2v) is 3.11. The van der Waals surface area contributed by atoms with Crippen LogP contribution in [0.2, 0.25) is 0 Å². The van der Waals surface area contributed by atoms with Gasteiger partial charge in [-0.05, 0) is 19.8 Å². The third-order valence-corrected chi connectivity index (χ3v) is 2.02. The molecule has 12 heavy (non-hydrogen) atoms. The van der Waals surface area contributed by atoms with E-state index in [0.29, 0.717) is 0 Å². The van der Waals surface area contributed by atoms with Crippen LogP contribution in [-0.4, -0.2) is 23.7 Å². The van der Waals surface area contributed by atoms with Gasteiger partial charge in [-0.1, -0.05) is 13.8 Å². The van der Waals surface area contributed by atoms with E-state index in [1.54, 1.807) is 6.92 Å². The summed E-state index contributed by atoms with van der Waals surface area (Å²) < 4.78 is 0. The van der Waals surface area contributed by atoms with E-state index >= 15 is 0 Å². The van der Waals surface area contributed by atoms with Gasteiger partial charge in [-0.3, -0.25) is 4.79 Å². The van der Waals surface area contributed by atoms with Crippen molar-refractivity contribution in [2.24, 2.45) is 5.92 Å². The number of aliphatic hydroxyl groups is 1. The Morgan fingerprint density at radius 1 is 1.42 bits per heavy atom. The molecule has 2 N–H and O–H groups in total. The van der Waals surface area contributed by atoms with Gasteiger partial charge in [0.05, 0.1) is 6.61 Å². The zero-order chi connectivity index (χ0) is 9.56. The first-order valence-electron chi connectivity index (χ1n) is 4.56. The summed E-state index contributed by atoms with van der Waals surface area (Å²) in [7, 11) is 0. The number of hydrogen-bond donors (Lipinski definition) is 2. The Kier molecular flexibility index (Phi) is 5.72. The van der Waals surface area contributed by atoms with Crippen LogP contribution in [0.15, 0.2) is 0 Å². The maximum absolute atomic E-state index is 11.4. The van der Waals surface area contributed by atoms with E-state index in [9.17, 15) is 4.79 Å². The molecule has 0 aliphatic rings. The summed E-state index contributed by atoms with van der Waals surface area (Å²) in [5, 5.41) is 11.4. The molecule has 1 atom stereocenters. The van der Waals surface area contributed by atoms with E-state index in [1.165, 1.54) is 0 Å². The van der Waals surface area contributed by atoms with Crippen molar-refractivity contribution in [3.63, 3.8) is 0 Å². The zero-order valence-electron chi connectivity index (χ0n) is 8.13. The van der Waals surface area contributed by atoms with Crippen LogP contribution in [0.4, 0.5) is 0 Å². The molecule has 1 unspecified atom stereocenters. The summed E-state index contributed by atoms with van der Waals surface area (Å²) in [5.74, 6) is 0.153. The Morgan fingerprint density at radius 2 is 1.92 bits per heavy atom. The number of aliphatic hydroxyl groups excluding tert-OH is 1. The summed E-state index contributed by atoms with van der Waals surface area (Å²) in [4.78, 5) is 11.4. The highest BCUT2D eigenvalue weighted by Crippen LogP contribution is 2.07. The lowest BCUT2D eigenvalue weighted by Gasteiger charge is -2.16. The van der Waals surface area contributed by atoms with E-state index in [-0.39, 0.29) is 24.5 Å². The first-order valence-corrected chi connectivity index (χ1v) is 4.56. The molecule has 3 heteroatoms. The maximum Gasteiger partial charge on any atom is 0.223 e. The standard InChI is InChI=1S/C9H19NO2/c1-4-8(5-2)9(12)10-7(3)6-11/h7-8,11H,4-6H2,1-3H3,(H,10,12). The minimum Gasteiger partial charge on any atom is -0.394 e. The topological polar surface area (TPSA) is 49.3 Å². The third-order valence-electron chi connectivity index (χ3n) is 2.02. The number of carbonyl (C=O) groups is 1. The lowest BCUT2D eigenvalue weighted by atomic mass is 10.0. The Labute approximate surface area is 74.2 Å². The molecule has 0 rings (SSSR count). The number of carbonyl (C=O) groups excluding carboxylic acids is 1. The van der Waals surface area contributed by atoms with Crippen molar-refractivity contribution in [1.82, 2.24) is 5.32 Å². The number of rotatable bonds is 5. The molecule has 0 aliphatic heterocycles. The van der Waals surface area contributed by atoms with Gasteiger partial charge < -0.3 is 10.4 Å². The van der Waals surface area contributed by atoms with Gasteiger partial charge in [0.15, 0.2) is 0 Å². The fraction of sp³-hybridized carbons (Fsp3) is 0.889. The predicted molar refractivity (Wildman–Crippen MR) is 48.8 cm³/mol. The molecular formula is C9H19NO2. The van der Waals surface area contributed by atoms with Gasteiger partial charge in [0, 0.05) is 12.0 Å². The summed E-state index contributed by atoms with van der Waals surface area (Å²) in [6, 6.07) is -0.127. The van der Waals surface area contributed by atoms with Crippen LogP contribution in [-0.2, 0) is 4.79 Å². The maximum atomic E-state index is 11.4. The first-order chi connectivity index (χ1) is 5.65. The quantitative estimate of drug-likeness (QED) is 0.649. The molecule has 0 radical (unpaired) electrons. The monoisotopic (exact) mass is 173 g/mol. The first kappa shape index (κ1) is 11.4. The molecule has 0 saturated carbocycles. The highest BCUT2D eigenvalue weighted by Gasteiger charge is 2.15. The molecule has 0 aromatic heterocycles. The Morgan fingerprint density at radius 3 is 2.25 bits per heavy atom. The zero-order valence-corrected chi connectivity index (χ0v) is 8.13. The second-order valence-electron chi connectivity index (χ2n) is 3.11. The van der Waals surface area contributed by atoms with Crippen LogP contribution in [0.1, 0.15) is 33.6 Å². The minimum absolute atomic E-state index is 0.00584. The SMILES string of the molecule is CCC(CC)C(=O)NC(C)CO. The van der Waals surface area contributed by atoms with E-state index in [4.69, 9.17) is 5.11 Å². The fourth-order valence-corrected chi connectivity index (χ4v) is 1.07. The second kappa shape index (κ2) is 6.00. The molecule has 0 fully saturated rings. The summed E-state index contributed by atoms with van der Waals surface area (Å²) in [6.07, 6.45) is 1.72. The molecule has 0 aliphatic carbocycles. The molecule has 0 aromatic carbocycles. The van der Waals surface area contributed by atoms with Crippen LogP contribution >= 0.6 is 0 Å². The number of amides is 1. The highest BCUT2D eigenvalue weighted by atomic mass is 16.3. The number of nitrogens with one attached hydrogen (secondary N) is 1. The van der Waals surface area contributed by atoms with Gasteiger partial charge in [0.1, 0.15) is 0 Å². The molecule has 0 heterocycles. The largest absolute Gasteiger partial charge is 0.394 e. The highest BCUT2D eigenvalue weighted by molar-refractivity contribution is 5.78. The molecule has 72 valence electrons. The number of hydrogen-bond acceptors (Lipinski definition) is 2. The summed E-state index contributed by atoms with van der Waals surface area (Å²) in [6.45, 7) is 5.79. The molecule has 1 amide bonds. The van der Waals surface area contributed by atoms with Gasteiger partial charge in [-0.25, -0.2) is 0 Å². The average molecular weight is 173 g/mol. The van der Waals surface area contributed by atoms with E-state index in [0.717, 1.165) is 12.8 Å². The van der Waals surface area contributed by atoms with E-state index in [1.807, 2.05) is 13.8 Å². The van der Waals surface area contributed by atoms with Crippen molar-refractivity contribution in [3.05, 3.63) is 0 Å². The van der Waals surface area contributed by atoms with Crippen molar-refractivity contribution < 1.29 is 9.90 Å². The molecule has 0 saturated heterocycles. The fourth-order valence-electron chi connectivity index (χ4n) is 1.07. The van der Waals surface area contributed by atoms with Crippen molar-refractivity contribution in [1.29, 1.82) is 0 Å². The lowest BCUT2D eigenvalue weighted by molar-refractivity contribution is -0.126. The van der Waals surface area contributed by atoms with Crippen molar-refractivity contribution in [2.45, 2.75) is 39.7 Å². The van der Waals surface area contributed by atoms with Gasteiger partial charge >= 0.3 is 0 Å². The average Bonchev–Trinajstić information content (AvgIpc) is 2.06.